The lowest BCUT2D eigenvalue weighted by Crippen LogP contribution is -2.29. The molecule has 1 heterocycles. The van der Waals surface area contributed by atoms with E-state index in [0.717, 1.165) is 11.1 Å². The first-order valence-corrected chi connectivity index (χ1v) is 9.28. The van der Waals surface area contributed by atoms with Gasteiger partial charge in [-0.05, 0) is 68.3 Å². The minimum Gasteiger partial charge on any atom is -0.486 e. The number of benzene rings is 2. The summed E-state index contributed by atoms with van der Waals surface area (Å²) in [7, 11) is 0. The maximum Gasteiger partial charge on any atom is 0.375 e. The lowest BCUT2D eigenvalue weighted by atomic mass is 10.1. The van der Waals surface area contributed by atoms with Crippen LogP contribution in [0.15, 0.2) is 65.1 Å². The number of hydrogen-bond donors (Lipinski definition) is 1. The number of carbonyl (C=O) groups excluding carboxylic acids is 2. The van der Waals surface area contributed by atoms with Crippen LogP contribution in [0, 0.1) is 13.8 Å². The summed E-state index contributed by atoms with van der Waals surface area (Å²) in [6.45, 7) is 5.65. The van der Waals surface area contributed by atoms with Crippen LogP contribution in [0.3, 0.4) is 0 Å². The fourth-order valence-electron chi connectivity index (χ4n) is 2.57. The number of anilines is 1. The van der Waals surface area contributed by atoms with Gasteiger partial charge in [0.15, 0.2) is 6.10 Å². The summed E-state index contributed by atoms with van der Waals surface area (Å²) in [6.07, 6.45) is -0.974. The molecule has 0 saturated carbocycles. The summed E-state index contributed by atoms with van der Waals surface area (Å²) >= 11 is 0. The average Bonchev–Trinajstić information content (AvgIpc) is 3.19. The highest BCUT2D eigenvalue weighted by Gasteiger charge is 2.21. The Morgan fingerprint density at radius 3 is 2.48 bits per heavy atom. The average molecular weight is 393 g/mol. The molecule has 0 aliphatic heterocycles. The van der Waals surface area contributed by atoms with Gasteiger partial charge in [-0.3, -0.25) is 4.79 Å². The van der Waals surface area contributed by atoms with E-state index in [1.165, 1.54) is 13.0 Å². The first-order valence-electron chi connectivity index (χ1n) is 9.28. The summed E-state index contributed by atoms with van der Waals surface area (Å²) in [4.78, 5) is 24.6. The van der Waals surface area contributed by atoms with Gasteiger partial charge in [-0.25, -0.2) is 4.79 Å². The molecule has 150 valence electrons. The van der Waals surface area contributed by atoms with E-state index < -0.39 is 18.0 Å². The molecule has 0 unspecified atom stereocenters. The summed E-state index contributed by atoms with van der Waals surface area (Å²) in [5.41, 5.74) is 2.85. The molecule has 0 saturated heterocycles. The van der Waals surface area contributed by atoms with E-state index in [9.17, 15) is 9.59 Å². The van der Waals surface area contributed by atoms with Gasteiger partial charge in [-0.2, -0.15) is 0 Å². The molecule has 0 fully saturated rings. The fraction of sp³-hybridized carbons (Fsp3) is 0.217. The molecule has 1 amide bonds. The molecule has 2 aromatic carbocycles. The first kappa shape index (κ1) is 20.2. The second-order valence-corrected chi connectivity index (χ2v) is 6.70. The molecule has 0 bridgehead atoms. The minimum atomic E-state index is -0.974. The SMILES string of the molecule is Cc1ccc(NC(=O)[C@@H](C)OC(=O)c2ccc(COc3ccccc3)o2)cc1C. The van der Waals surface area contributed by atoms with Crippen LogP contribution in [0.5, 0.6) is 5.75 Å². The number of carbonyl (C=O) groups is 2. The van der Waals surface area contributed by atoms with Gasteiger partial charge in [0, 0.05) is 5.69 Å². The minimum absolute atomic E-state index is 0.0162. The van der Waals surface area contributed by atoms with Crippen molar-refractivity contribution in [2.75, 3.05) is 5.32 Å². The normalized spacial score (nSPS) is 11.6. The van der Waals surface area contributed by atoms with E-state index in [2.05, 4.69) is 5.32 Å². The van der Waals surface area contributed by atoms with Gasteiger partial charge in [0.05, 0.1) is 0 Å². The number of nitrogens with one attached hydrogen (secondary N) is 1. The number of furan rings is 1. The molecule has 1 atom stereocenters. The third-order valence-corrected chi connectivity index (χ3v) is 4.41. The van der Waals surface area contributed by atoms with Gasteiger partial charge >= 0.3 is 5.97 Å². The van der Waals surface area contributed by atoms with Crippen LogP contribution in [0.25, 0.3) is 0 Å². The lowest BCUT2D eigenvalue weighted by molar-refractivity contribution is -0.123. The Morgan fingerprint density at radius 1 is 1.00 bits per heavy atom. The van der Waals surface area contributed by atoms with Crippen molar-refractivity contribution in [2.24, 2.45) is 0 Å². The molecule has 0 spiro atoms. The Labute approximate surface area is 169 Å². The van der Waals surface area contributed by atoms with E-state index in [4.69, 9.17) is 13.9 Å². The lowest BCUT2D eigenvalue weighted by Gasteiger charge is -2.13. The van der Waals surface area contributed by atoms with Gasteiger partial charge in [0.2, 0.25) is 5.76 Å². The molecule has 1 aromatic heterocycles. The van der Waals surface area contributed by atoms with Crippen LogP contribution in [0.4, 0.5) is 5.69 Å². The molecular weight excluding hydrogens is 370 g/mol. The highest BCUT2D eigenvalue weighted by Crippen LogP contribution is 2.17. The maximum atomic E-state index is 12.3. The van der Waals surface area contributed by atoms with Crippen LogP contribution in [0.2, 0.25) is 0 Å². The van der Waals surface area contributed by atoms with Crippen molar-refractivity contribution >= 4 is 17.6 Å². The Hall–Kier alpha value is -3.54. The van der Waals surface area contributed by atoms with Crippen molar-refractivity contribution in [3.63, 3.8) is 0 Å². The van der Waals surface area contributed by atoms with E-state index in [-0.39, 0.29) is 12.4 Å². The fourth-order valence-corrected chi connectivity index (χ4v) is 2.57. The molecule has 6 nitrogen and oxygen atoms in total. The standard InChI is InChI=1S/C23H23NO5/c1-15-9-10-18(13-16(15)2)24-22(25)17(3)28-23(26)21-12-11-20(29-21)14-27-19-7-5-4-6-8-19/h4-13,17H,14H2,1-3H3,(H,24,25)/t17-/m1/s1. The quantitative estimate of drug-likeness (QED) is 0.591. The maximum absolute atomic E-state index is 12.3. The summed E-state index contributed by atoms with van der Waals surface area (Å²) < 4.78 is 16.3. The number of esters is 1. The predicted octanol–water partition coefficient (Wildman–Crippen LogP) is 4.66. The molecule has 0 aliphatic rings. The second-order valence-electron chi connectivity index (χ2n) is 6.70. The number of rotatable bonds is 7. The smallest absolute Gasteiger partial charge is 0.375 e. The van der Waals surface area contributed by atoms with Crippen molar-refractivity contribution in [1.29, 1.82) is 0 Å². The monoisotopic (exact) mass is 393 g/mol. The van der Waals surface area contributed by atoms with Crippen molar-refractivity contribution in [3.8, 4) is 5.75 Å². The van der Waals surface area contributed by atoms with Crippen molar-refractivity contribution < 1.29 is 23.5 Å². The predicted molar refractivity (Wildman–Crippen MR) is 109 cm³/mol. The Balaban J connectivity index is 1.53. The highest BCUT2D eigenvalue weighted by molar-refractivity contribution is 5.96. The highest BCUT2D eigenvalue weighted by atomic mass is 16.6. The third-order valence-electron chi connectivity index (χ3n) is 4.41. The zero-order valence-electron chi connectivity index (χ0n) is 16.6. The third kappa shape index (κ3) is 5.48. The Bertz CT molecular complexity index is 994. The topological polar surface area (TPSA) is 77.8 Å². The molecule has 0 radical (unpaired) electrons. The molecule has 29 heavy (non-hydrogen) atoms. The number of aryl methyl sites for hydroxylation is 2. The molecule has 1 N–H and O–H groups in total. The number of amides is 1. The zero-order chi connectivity index (χ0) is 20.8. The van der Waals surface area contributed by atoms with Crippen molar-refractivity contribution in [3.05, 3.63) is 83.3 Å². The molecule has 0 aliphatic carbocycles. The van der Waals surface area contributed by atoms with Crippen LogP contribution in [0.1, 0.15) is 34.4 Å². The molecule has 6 heteroatoms. The Morgan fingerprint density at radius 2 is 1.76 bits per heavy atom. The molecule has 3 rings (SSSR count). The van der Waals surface area contributed by atoms with Crippen LogP contribution >= 0.6 is 0 Å². The van der Waals surface area contributed by atoms with Gasteiger partial charge in [-0.1, -0.05) is 24.3 Å². The second kappa shape index (κ2) is 9.10. The van der Waals surface area contributed by atoms with E-state index >= 15 is 0 Å². The van der Waals surface area contributed by atoms with Gasteiger partial charge in [-0.15, -0.1) is 0 Å². The van der Waals surface area contributed by atoms with Gasteiger partial charge in [0.1, 0.15) is 18.1 Å². The van der Waals surface area contributed by atoms with Crippen LogP contribution < -0.4 is 10.1 Å². The number of para-hydroxylation sites is 1. The first-order chi connectivity index (χ1) is 13.9. The largest absolute Gasteiger partial charge is 0.486 e. The van der Waals surface area contributed by atoms with E-state index in [1.807, 2.05) is 56.3 Å². The van der Waals surface area contributed by atoms with Crippen molar-refractivity contribution in [1.82, 2.24) is 0 Å². The molecular formula is C23H23NO5. The van der Waals surface area contributed by atoms with Gasteiger partial charge < -0.3 is 19.2 Å². The number of hydrogen-bond acceptors (Lipinski definition) is 5. The summed E-state index contributed by atoms with van der Waals surface area (Å²) in [6, 6.07) is 18.0. The summed E-state index contributed by atoms with van der Waals surface area (Å²) in [5, 5.41) is 2.74. The van der Waals surface area contributed by atoms with Crippen molar-refractivity contribution in [2.45, 2.75) is 33.5 Å². The van der Waals surface area contributed by atoms with Gasteiger partial charge in [0.25, 0.3) is 5.91 Å². The van der Waals surface area contributed by atoms with Crippen LogP contribution in [-0.4, -0.2) is 18.0 Å². The van der Waals surface area contributed by atoms with E-state index in [1.54, 1.807) is 12.1 Å². The van der Waals surface area contributed by atoms with E-state index in [0.29, 0.717) is 17.2 Å². The Kier molecular flexibility index (Phi) is 6.34. The summed E-state index contributed by atoms with van der Waals surface area (Å²) in [5.74, 6) is 0.0692. The van der Waals surface area contributed by atoms with Crippen LogP contribution in [-0.2, 0) is 16.1 Å². The zero-order valence-corrected chi connectivity index (χ0v) is 16.6. The number of ether oxygens (including phenoxy) is 2. The molecule has 3 aromatic rings.